The summed E-state index contributed by atoms with van der Waals surface area (Å²) in [4.78, 5) is 0. The summed E-state index contributed by atoms with van der Waals surface area (Å²) in [5, 5.41) is 8.63. The molecule has 0 atom stereocenters. The monoisotopic (exact) mass is 923 g/mol. The normalized spacial score (nSPS) is 11.0. The summed E-state index contributed by atoms with van der Waals surface area (Å²) in [5.41, 5.74) is 0. The van der Waals surface area contributed by atoms with Crippen LogP contribution in [0.3, 0.4) is 0 Å². The molecule has 0 radical (unpaired) electrons. The number of rotatable bonds is 0. The Labute approximate surface area is 202 Å². The summed E-state index contributed by atoms with van der Waals surface area (Å²) in [6.07, 6.45) is 0. The van der Waals surface area contributed by atoms with Gasteiger partial charge in [-0.1, -0.05) is 12.6 Å². The van der Waals surface area contributed by atoms with Gasteiger partial charge in [0.1, 0.15) is 5.40 Å². The summed E-state index contributed by atoms with van der Waals surface area (Å²) < 4.78 is 199. The Morgan fingerprint density at radius 1 is 0.424 bits per heavy atom. The van der Waals surface area contributed by atoms with Crippen molar-refractivity contribution < 1.29 is 92.4 Å². The molecule has 0 fully saturated rings. The van der Waals surface area contributed by atoms with Crippen molar-refractivity contribution >= 4 is 100 Å². The maximum atomic E-state index is 10.4. The Bertz CT molecular complexity index is 572. The predicted octanol–water partition coefficient (Wildman–Crippen LogP) is -6.76. The minimum atomic E-state index is -5.62. The van der Waals surface area contributed by atoms with Crippen molar-refractivity contribution in [2.75, 3.05) is 0 Å². The molecule has 0 saturated heterocycles. The molecule has 208 valence electrons. The molecular weight excluding hydrogens is 910 g/mol. The van der Waals surface area contributed by atoms with Crippen LogP contribution in [0.1, 0.15) is 0 Å². The van der Waals surface area contributed by atoms with E-state index in [1.807, 2.05) is 0 Å². The zero-order valence-corrected chi connectivity index (χ0v) is 26.3. The van der Waals surface area contributed by atoms with E-state index in [0.717, 1.165) is 0 Å². The number of thiol groups is 1. The molecule has 19 nitrogen and oxygen atoms in total. The summed E-state index contributed by atoms with van der Waals surface area (Å²) in [7, 11) is 0. The van der Waals surface area contributed by atoms with Gasteiger partial charge in [-0.2, -0.15) is 5.26 Å². The predicted molar refractivity (Wildman–Crippen MR) is 86.5 cm³/mol. The molecule has 0 rings (SSSR count). The van der Waals surface area contributed by atoms with Crippen molar-refractivity contribution in [3.8, 4) is 5.40 Å². The van der Waals surface area contributed by atoms with Crippen LogP contribution >= 0.6 is 12.6 Å². The molecule has 12 N–H and O–H groups in total. The molecule has 0 aromatic heterocycles. The van der Waals surface area contributed by atoms with Crippen LogP contribution in [0.15, 0.2) is 0 Å². The van der Waals surface area contributed by atoms with E-state index in [0.29, 0.717) is 0 Å². The van der Waals surface area contributed by atoms with E-state index in [1.54, 1.807) is 0 Å². The first-order valence-electron chi connectivity index (χ1n) is 4.96. The first-order valence-corrected chi connectivity index (χ1v) is 24.3. The van der Waals surface area contributed by atoms with Gasteiger partial charge in [0.2, 0.25) is 0 Å². The summed E-state index contributed by atoms with van der Waals surface area (Å²) in [6, 6.07) is 0. The third-order valence-electron chi connectivity index (χ3n) is 0. The van der Waals surface area contributed by atoms with Gasteiger partial charge in [-0.15, -0.1) is 0 Å². The fourth-order valence-corrected chi connectivity index (χ4v) is 0. The average molecular weight is 923 g/mol. The van der Waals surface area contributed by atoms with Crippen molar-refractivity contribution in [2.45, 2.75) is 0 Å². The molecule has 33 heavy (non-hydrogen) atoms. The van der Waals surface area contributed by atoms with Crippen molar-refractivity contribution in [1.82, 2.24) is 0 Å². The van der Waals surface area contributed by atoms with Crippen molar-refractivity contribution in [1.29, 1.82) is 5.26 Å². The van der Waals surface area contributed by atoms with E-state index in [-0.39, 0.29) is 0 Å². The third kappa shape index (κ3) is 26900. The molecule has 0 aliphatic rings. The molecule has 0 spiro atoms. The van der Waals surface area contributed by atoms with Gasteiger partial charge in [-0.3, -0.25) is 0 Å². The second kappa shape index (κ2) is 23.5. The van der Waals surface area contributed by atoms with Gasteiger partial charge in [-0.05, 0) is 0 Å². The molecule has 0 bridgehead atoms. The number of halogens is 6. The van der Waals surface area contributed by atoms with Crippen LogP contribution in [0.4, 0.5) is 20.8 Å². The van der Waals surface area contributed by atoms with Gasteiger partial charge < -0.3 is 0 Å². The van der Waals surface area contributed by atoms with E-state index in [2.05, 4.69) is 12.6 Å². The Morgan fingerprint density at radius 2 is 0.424 bits per heavy atom. The number of thiocyanates is 1. The van der Waals surface area contributed by atoms with Gasteiger partial charge in [0, 0.05) is 0 Å². The van der Waals surface area contributed by atoms with E-state index < -0.39 is 87.9 Å². The molecular formula is CH13As6F6NO18S. The number of hydrogen-bond acceptors (Lipinski definition) is 8. The third-order valence-corrected chi connectivity index (χ3v) is 0. The van der Waals surface area contributed by atoms with Gasteiger partial charge in [0.05, 0.1) is 0 Å². The van der Waals surface area contributed by atoms with Gasteiger partial charge in [0.25, 0.3) is 0 Å². The number of hydrogen-bond donors (Lipinski definition) is 13. The fourth-order valence-electron chi connectivity index (χ4n) is 0. The minimum absolute atomic E-state index is 1.44. The van der Waals surface area contributed by atoms with Crippen LogP contribution in [0, 0.1) is 10.7 Å². The van der Waals surface area contributed by atoms with Crippen molar-refractivity contribution in [3.63, 3.8) is 0 Å². The standard InChI is InChI=1S/CHNS.6AsFH2O3/c2-1-3;6*2-1(3,4)5/h3H;6*(H2,3,4,5). The van der Waals surface area contributed by atoms with E-state index in [1.165, 1.54) is 5.40 Å². The molecule has 0 aromatic carbocycles. The second-order valence-corrected chi connectivity index (χ2v) is 15.0. The summed E-state index contributed by atoms with van der Waals surface area (Å²) in [5.74, 6) is 0. The zero-order chi connectivity index (χ0) is 29.7. The molecule has 0 saturated carbocycles. The van der Waals surface area contributed by atoms with Gasteiger partial charge in [0.15, 0.2) is 0 Å². The maximum absolute atomic E-state index is 10.4. The first kappa shape index (κ1) is 50.9. The average Bonchev–Trinajstić information content (AvgIpc) is 2.11. The van der Waals surface area contributed by atoms with Crippen LogP contribution < -0.4 is 0 Å². The van der Waals surface area contributed by atoms with E-state index in [9.17, 15) is 20.8 Å². The second-order valence-electron chi connectivity index (χ2n) is 2.94. The molecule has 0 aliphatic carbocycles. The molecule has 0 aliphatic heterocycles. The number of nitrogens with zero attached hydrogens (tertiary/aromatic N) is 1. The summed E-state index contributed by atoms with van der Waals surface area (Å²) in [6.45, 7) is 0. The molecule has 0 heterocycles. The topological polar surface area (TPSA) is 369 Å². The van der Waals surface area contributed by atoms with Crippen LogP contribution in [0.5, 0.6) is 0 Å². The fraction of sp³-hybridized carbons (Fsp3) is 0. The number of nitriles is 1. The Kier molecular flexibility index (Phi) is 36.2. The van der Waals surface area contributed by atoms with Crippen LogP contribution in [0.2, 0.25) is 0 Å². The van der Waals surface area contributed by atoms with Gasteiger partial charge in [-0.25, -0.2) is 0 Å². The van der Waals surface area contributed by atoms with Crippen molar-refractivity contribution in [2.24, 2.45) is 0 Å². The van der Waals surface area contributed by atoms with Gasteiger partial charge >= 0.3 is 180 Å². The van der Waals surface area contributed by atoms with E-state index in [4.69, 9.17) is 76.8 Å². The van der Waals surface area contributed by atoms with Crippen molar-refractivity contribution in [3.05, 3.63) is 0 Å². The van der Waals surface area contributed by atoms with Crippen LogP contribution in [-0.2, 0) is 22.4 Å². The molecule has 32 heteroatoms. The van der Waals surface area contributed by atoms with Crippen LogP contribution in [-0.4, -0.2) is 137 Å². The quantitative estimate of drug-likeness (QED) is 0.0465. The first-order chi connectivity index (χ1) is 13.4. The Balaban J connectivity index is -0.0000000480. The summed E-state index contributed by atoms with van der Waals surface area (Å²) >= 11 is -30.7. The molecule has 0 aromatic rings. The Morgan fingerprint density at radius 3 is 0.424 bits per heavy atom. The molecule has 0 amide bonds. The Hall–Kier alpha value is 1.09. The zero-order valence-electron chi connectivity index (χ0n) is 14.2. The van der Waals surface area contributed by atoms with Crippen LogP contribution in [0.25, 0.3) is 0 Å². The SMILES string of the molecule is N#CS.O=[As](O)(O)F.O=[As](O)(O)F.O=[As](O)(O)F.O=[As](O)(O)F.O=[As](O)(O)F.O=[As](O)(O)F. The molecule has 0 unspecified atom stereocenters. The van der Waals surface area contributed by atoms with E-state index >= 15 is 0 Å².